The van der Waals surface area contributed by atoms with Crippen LogP contribution in [0.2, 0.25) is 0 Å². The van der Waals surface area contributed by atoms with Crippen molar-refractivity contribution in [2.24, 2.45) is 0 Å². The van der Waals surface area contributed by atoms with Crippen molar-refractivity contribution < 1.29 is 13.3 Å². The Morgan fingerprint density at radius 3 is 2.23 bits per heavy atom. The Balaban J connectivity index is 1.56. The standard InChI is InChI=1S/C16H30N3O2S/c1-22(20,21)17-15-6-2-3-7-16(15)19-12-8-14(9-13-19)18-10-4-5-11-18/h14-16H,2-13H2,1H3/q-1/p+1/t15-,16?/m1/s1. The summed E-state index contributed by atoms with van der Waals surface area (Å²) < 4.78 is 27.3. The topological polar surface area (TPSA) is 55.9 Å². The quantitative estimate of drug-likeness (QED) is 0.829. The van der Waals surface area contributed by atoms with E-state index in [0.29, 0.717) is 6.04 Å². The first-order valence-corrected chi connectivity index (χ1v) is 10.9. The number of rotatable bonds is 4. The second kappa shape index (κ2) is 7.16. The van der Waals surface area contributed by atoms with Crippen molar-refractivity contribution in [2.45, 2.75) is 69.5 Å². The van der Waals surface area contributed by atoms with Crippen LogP contribution in [0.25, 0.3) is 4.72 Å². The van der Waals surface area contributed by atoms with Gasteiger partial charge in [0.15, 0.2) is 0 Å². The van der Waals surface area contributed by atoms with E-state index in [1.54, 1.807) is 0 Å². The lowest BCUT2D eigenvalue weighted by Crippen LogP contribution is -3.14. The summed E-state index contributed by atoms with van der Waals surface area (Å²) >= 11 is 0. The molecular weight excluding hydrogens is 298 g/mol. The molecule has 0 aromatic carbocycles. The van der Waals surface area contributed by atoms with Gasteiger partial charge in [-0.05, 0) is 12.5 Å². The number of piperidine rings is 1. The molecule has 5 nitrogen and oxygen atoms in total. The van der Waals surface area contributed by atoms with Crippen molar-refractivity contribution in [1.29, 1.82) is 0 Å². The van der Waals surface area contributed by atoms with Gasteiger partial charge in [-0.25, -0.2) is 8.42 Å². The lowest BCUT2D eigenvalue weighted by Gasteiger charge is -2.48. The maximum Gasteiger partial charge on any atom is 0.0899 e. The van der Waals surface area contributed by atoms with E-state index in [9.17, 15) is 8.42 Å². The fourth-order valence-corrected chi connectivity index (χ4v) is 5.50. The Labute approximate surface area is 135 Å². The van der Waals surface area contributed by atoms with Gasteiger partial charge in [0.2, 0.25) is 0 Å². The molecule has 22 heavy (non-hydrogen) atoms. The summed E-state index contributed by atoms with van der Waals surface area (Å²) in [5.74, 6) is 0. The van der Waals surface area contributed by atoms with Crippen LogP contribution in [-0.4, -0.2) is 63.9 Å². The van der Waals surface area contributed by atoms with Crippen LogP contribution < -0.4 is 4.90 Å². The van der Waals surface area contributed by atoms with E-state index in [1.165, 1.54) is 51.4 Å². The molecule has 2 saturated heterocycles. The average Bonchev–Trinajstić information content (AvgIpc) is 3.01. The third-order valence-corrected chi connectivity index (χ3v) is 6.50. The van der Waals surface area contributed by atoms with Crippen molar-refractivity contribution in [2.75, 3.05) is 32.4 Å². The van der Waals surface area contributed by atoms with Crippen molar-refractivity contribution in [1.82, 2.24) is 4.90 Å². The molecule has 0 bridgehead atoms. The molecule has 0 spiro atoms. The summed E-state index contributed by atoms with van der Waals surface area (Å²) in [6.07, 6.45) is 11.0. The minimum atomic E-state index is -3.22. The highest BCUT2D eigenvalue weighted by atomic mass is 32.2. The summed E-state index contributed by atoms with van der Waals surface area (Å²) in [5, 5.41) is 0. The van der Waals surface area contributed by atoms with Crippen LogP contribution >= 0.6 is 0 Å². The summed E-state index contributed by atoms with van der Waals surface area (Å²) in [7, 11) is -3.22. The lowest BCUT2D eigenvalue weighted by atomic mass is 9.88. The highest BCUT2D eigenvalue weighted by molar-refractivity contribution is 7.93. The van der Waals surface area contributed by atoms with Crippen molar-refractivity contribution >= 4 is 10.0 Å². The molecule has 3 fully saturated rings. The van der Waals surface area contributed by atoms with Gasteiger partial charge >= 0.3 is 0 Å². The summed E-state index contributed by atoms with van der Waals surface area (Å²) in [4.78, 5) is 4.37. The zero-order valence-corrected chi connectivity index (χ0v) is 14.7. The number of likely N-dealkylation sites (tertiary alicyclic amines) is 2. The first-order valence-electron chi connectivity index (χ1n) is 9.04. The van der Waals surface area contributed by atoms with Crippen molar-refractivity contribution in [3.05, 3.63) is 4.72 Å². The number of nitrogens with zero attached hydrogens (tertiary/aromatic N) is 2. The van der Waals surface area contributed by atoms with Gasteiger partial charge in [0.1, 0.15) is 0 Å². The molecule has 0 aromatic rings. The Morgan fingerprint density at radius 1 is 0.955 bits per heavy atom. The normalized spacial score (nSPS) is 33.3. The SMILES string of the molecule is CS(=O)(=O)[N-][C@@H]1CCCCC1N1CCC([NH+]2CCCC2)CC1. The molecular formula is C16H31N3O2S. The van der Waals surface area contributed by atoms with Crippen LogP contribution in [0.1, 0.15) is 51.4 Å². The molecule has 2 heterocycles. The minimum absolute atomic E-state index is 0.000524. The first-order chi connectivity index (χ1) is 10.5. The number of hydrogen-bond donors (Lipinski definition) is 1. The predicted octanol–water partition coefficient (Wildman–Crippen LogP) is 0.774. The molecule has 128 valence electrons. The summed E-state index contributed by atoms with van der Waals surface area (Å²) in [5.41, 5.74) is 0. The highest BCUT2D eigenvalue weighted by Gasteiger charge is 2.33. The van der Waals surface area contributed by atoms with Gasteiger partial charge in [-0.2, -0.15) is 0 Å². The van der Waals surface area contributed by atoms with Crippen LogP contribution in [0.5, 0.6) is 0 Å². The fourth-order valence-electron chi connectivity index (χ4n) is 4.76. The van der Waals surface area contributed by atoms with Gasteiger partial charge in [0.05, 0.1) is 29.2 Å². The van der Waals surface area contributed by atoms with E-state index in [2.05, 4.69) is 9.62 Å². The highest BCUT2D eigenvalue weighted by Crippen LogP contribution is 2.31. The predicted molar refractivity (Wildman–Crippen MR) is 88.8 cm³/mol. The van der Waals surface area contributed by atoms with E-state index in [1.807, 2.05) is 4.90 Å². The van der Waals surface area contributed by atoms with Crippen molar-refractivity contribution in [3.8, 4) is 0 Å². The molecule has 1 N–H and O–H groups in total. The molecule has 0 radical (unpaired) electrons. The monoisotopic (exact) mass is 329 g/mol. The molecule has 3 rings (SSSR count). The largest absolute Gasteiger partial charge is 0.545 e. The molecule has 3 aliphatic rings. The van der Waals surface area contributed by atoms with Gasteiger partial charge in [-0.15, -0.1) is 6.04 Å². The first kappa shape index (κ1) is 16.7. The fraction of sp³-hybridized carbons (Fsp3) is 1.00. The van der Waals surface area contributed by atoms with Crippen LogP contribution in [0.3, 0.4) is 0 Å². The summed E-state index contributed by atoms with van der Waals surface area (Å²) in [6, 6.07) is 1.20. The maximum absolute atomic E-state index is 11.6. The van der Waals surface area contributed by atoms with Crippen LogP contribution in [-0.2, 0) is 10.0 Å². The third-order valence-electron chi connectivity index (χ3n) is 5.84. The van der Waals surface area contributed by atoms with E-state index >= 15 is 0 Å². The van der Waals surface area contributed by atoms with Crippen LogP contribution in [0.4, 0.5) is 0 Å². The molecule has 1 unspecified atom stereocenters. The van der Waals surface area contributed by atoms with Crippen molar-refractivity contribution in [3.63, 3.8) is 0 Å². The zero-order chi connectivity index (χ0) is 15.6. The van der Waals surface area contributed by atoms with Gasteiger partial charge in [-0.3, -0.25) is 0 Å². The van der Waals surface area contributed by atoms with Crippen LogP contribution in [0, 0.1) is 0 Å². The Morgan fingerprint density at radius 2 is 1.59 bits per heavy atom. The Kier molecular flexibility index (Phi) is 5.43. The number of quaternary nitrogens is 1. The number of hydrogen-bond acceptors (Lipinski definition) is 3. The average molecular weight is 330 g/mol. The van der Waals surface area contributed by atoms with E-state index in [0.717, 1.165) is 38.4 Å². The van der Waals surface area contributed by atoms with Gasteiger partial charge in [0.25, 0.3) is 0 Å². The van der Waals surface area contributed by atoms with Crippen LogP contribution in [0.15, 0.2) is 0 Å². The van der Waals surface area contributed by atoms with Gasteiger partial charge in [-0.1, -0.05) is 19.3 Å². The molecule has 1 aliphatic carbocycles. The zero-order valence-electron chi connectivity index (χ0n) is 13.8. The molecule has 2 aliphatic heterocycles. The molecule has 0 amide bonds. The number of sulfonamides is 1. The molecule has 0 aromatic heterocycles. The molecule has 6 heteroatoms. The number of nitrogens with one attached hydrogen (secondary N) is 1. The smallest absolute Gasteiger partial charge is 0.0899 e. The third kappa shape index (κ3) is 4.22. The van der Waals surface area contributed by atoms with E-state index < -0.39 is 10.0 Å². The van der Waals surface area contributed by atoms with Gasteiger partial charge in [0, 0.05) is 45.0 Å². The van der Waals surface area contributed by atoms with Gasteiger partial charge < -0.3 is 14.5 Å². The Bertz CT molecular complexity index is 454. The van der Waals surface area contributed by atoms with E-state index in [-0.39, 0.29) is 6.04 Å². The Hall–Kier alpha value is -0.170. The molecule has 1 saturated carbocycles. The lowest BCUT2D eigenvalue weighted by molar-refractivity contribution is -0.914. The summed E-state index contributed by atoms with van der Waals surface area (Å²) in [6.45, 7) is 4.99. The maximum atomic E-state index is 11.6. The van der Waals surface area contributed by atoms with E-state index in [4.69, 9.17) is 0 Å². The minimum Gasteiger partial charge on any atom is -0.545 e. The molecule has 2 atom stereocenters. The second-order valence-corrected chi connectivity index (χ2v) is 9.11. The second-order valence-electron chi connectivity index (χ2n) is 7.43.